The first-order valence-electron chi connectivity index (χ1n) is 7.69. The first-order valence-corrected chi connectivity index (χ1v) is 9.34. The molecule has 6 heteroatoms. The number of hydrogen-bond acceptors (Lipinski definition) is 3. The highest BCUT2D eigenvalue weighted by Crippen LogP contribution is 2.21. The van der Waals surface area contributed by atoms with E-state index in [1.54, 1.807) is 0 Å². The zero-order chi connectivity index (χ0) is 16.4. The monoisotopic (exact) mass is 333 g/mol. The molecule has 0 radical (unpaired) electrons. The molecule has 122 valence electrons. The molecule has 5 nitrogen and oxygen atoms in total. The molecule has 2 heterocycles. The van der Waals surface area contributed by atoms with E-state index in [9.17, 15) is 8.42 Å². The van der Waals surface area contributed by atoms with Gasteiger partial charge in [0.1, 0.15) is 24.7 Å². The summed E-state index contributed by atoms with van der Waals surface area (Å²) >= 11 is 0. The van der Waals surface area contributed by atoms with E-state index in [1.807, 2.05) is 35.0 Å². The number of pyridine rings is 1. The molecule has 1 aliphatic rings. The van der Waals surface area contributed by atoms with E-state index in [2.05, 4.69) is 30.7 Å². The highest BCUT2D eigenvalue weighted by atomic mass is 32.2. The summed E-state index contributed by atoms with van der Waals surface area (Å²) in [5.74, 6) is 1.95. The first-order chi connectivity index (χ1) is 10.9. The molecule has 1 aromatic heterocycles. The van der Waals surface area contributed by atoms with Crippen molar-refractivity contribution in [1.82, 2.24) is 0 Å². The van der Waals surface area contributed by atoms with Crippen molar-refractivity contribution in [2.45, 2.75) is 32.9 Å². The van der Waals surface area contributed by atoms with Crippen LogP contribution in [0.15, 0.2) is 42.6 Å². The molecule has 3 rings (SSSR count). The van der Waals surface area contributed by atoms with Gasteiger partial charge in [0.2, 0.25) is 0 Å². The topological polar surface area (TPSA) is 59.3 Å². The number of sulfonamides is 1. The fourth-order valence-electron chi connectivity index (χ4n) is 2.55. The van der Waals surface area contributed by atoms with Gasteiger partial charge in [-0.05, 0) is 35.7 Å². The fraction of sp³-hybridized carbons (Fsp3) is 0.353. The van der Waals surface area contributed by atoms with E-state index in [1.165, 1.54) is 5.56 Å². The predicted molar refractivity (Wildman–Crippen MR) is 88.9 cm³/mol. The number of hydrogen-bond donors (Lipinski definition) is 1. The smallest absolute Gasteiger partial charge is 0.302 e. The number of nitrogens with zero attached hydrogens (tertiary/aromatic N) is 1. The normalized spacial score (nSPS) is 15.8. The molecule has 0 bridgehead atoms. The number of fused-ring (bicyclic) bond motifs is 1. The molecule has 0 spiro atoms. The van der Waals surface area contributed by atoms with Crippen LogP contribution < -0.4 is 14.0 Å². The van der Waals surface area contributed by atoms with Crippen LogP contribution in [0.2, 0.25) is 0 Å². The molecule has 1 N–H and O–H groups in total. The third-order valence-electron chi connectivity index (χ3n) is 3.95. The average molecular weight is 333 g/mol. The Kier molecular flexibility index (Phi) is 4.26. The molecular formula is C17H21N2O3S+. The minimum Gasteiger partial charge on any atom is -0.489 e. The summed E-state index contributed by atoms with van der Waals surface area (Å²) in [4.78, 5) is 0. The van der Waals surface area contributed by atoms with Crippen LogP contribution in [0.5, 0.6) is 5.75 Å². The fourth-order valence-corrected chi connectivity index (χ4v) is 3.64. The van der Waals surface area contributed by atoms with Gasteiger partial charge in [-0.15, -0.1) is 0 Å². The first kappa shape index (κ1) is 15.8. The lowest BCUT2D eigenvalue weighted by Gasteiger charge is -2.16. The highest BCUT2D eigenvalue weighted by Gasteiger charge is 2.29. The second-order valence-electron chi connectivity index (χ2n) is 6.01. The summed E-state index contributed by atoms with van der Waals surface area (Å²) in [7, 11) is -3.24. The zero-order valence-electron chi connectivity index (χ0n) is 13.3. The van der Waals surface area contributed by atoms with Gasteiger partial charge in [-0.25, -0.2) is 4.57 Å². The largest absolute Gasteiger partial charge is 0.489 e. The lowest BCUT2D eigenvalue weighted by molar-refractivity contribution is -0.679. The van der Waals surface area contributed by atoms with Crippen LogP contribution in [0.1, 0.15) is 30.9 Å². The average Bonchev–Trinajstić information content (AvgIpc) is 2.52. The van der Waals surface area contributed by atoms with Gasteiger partial charge in [0.25, 0.3) is 5.82 Å². The molecule has 0 saturated heterocycles. The minimum atomic E-state index is -3.24. The number of aromatic nitrogens is 1. The van der Waals surface area contributed by atoms with Crippen molar-refractivity contribution in [3.63, 3.8) is 0 Å². The molecule has 0 amide bonds. The molecule has 0 atom stereocenters. The van der Waals surface area contributed by atoms with E-state index in [0.717, 1.165) is 11.3 Å². The second kappa shape index (κ2) is 6.20. The van der Waals surface area contributed by atoms with Gasteiger partial charge in [0.15, 0.2) is 0 Å². The quantitative estimate of drug-likeness (QED) is 0.874. The lowest BCUT2D eigenvalue weighted by atomic mass is 10.0. The van der Waals surface area contributed by atoms with Crippen molar-refractivity contribution < 1.29 is 17.7 Å². The number of anilines is 1. The second-order valence-corrected chi connectivity index (χ2v) is 7.85. The van der Waals surface area contributed by atoms with Crippen molar-refractivity contribution in [2.75, 3.05) is 10.5 Å². The van der Waals surface area contributed by atoms with Crippen LogP contribution in [-0.4, -0.2) is 14.2 Å². The number of ether oxygens (including phenoxy) is 1. The van der Waals surface area contributed by atoms with Crippen molar-refractivity contribution in [3.8, 4) is 5.75 Å². The van der Waals surface area contributed by atoms with Gasteiger partial charge in [-0.2, -0.15) is 13.1 Å². The summed E-state index contributed by atoms with van der Waals surface area (Å²) in [5.41, 5.74) is 2.08. The number of rotatable bonds is 4. The molecular weight excluding hydrogens is 312 g/mol. The predicted octanol–water partition coefficient (Wildman–Crippen LogP) is 2.43. The molecule has 0 saturated carbocycles. The Balaban J connectivity index is 1.76. The van der Waals surface area contributed by atoms with Gasteiger partial charge in [-0.3, -0.25) is 0 Å². The Hall–Kier alpha value is -2.08. The van der Waals surface area contributed by atoms with Gasteiger partial charge >= 0.3 is 10.0 Å². The summed E-state index contributed by atoms with van der Waals surface area (Å²) in [6.45, 7) is 5.08. The van der Waals surface area contributed by atoms with Crippen molar-refractivity contribution >= 4 is 15.8 Å². The van der Waals surface area contributed by atoms with E-state index in [0.29, 0.717) is 24.9 Å². The lowest BCUT2D eigenvalue weighted by Crippen LogP contribution is -2.47. The molecule has 1 aromatic carbocycles. The molecule has 0 fully saturated rings. The molecule has 1 aliphatic heterocycles. The minimum absolute atomic E-state index is 0.103. The summed E-state index contributed by atoms with van der Waals surface area (Å²) < 4.78 is 33.9. The summed E-state index contributed by atoms with van der Waals surface area (Å²) in [5, 5.41) is 0. The van der Waals surface area contributed by atoms with E-state index < -0.39 is 10.0 Å². The standard InChI is InChI=1S/C17H20N2O3S/c1-13(2)14-5-7-16(8-6-14)22-12-15-4-3-9-19-10-11-23(20,21)18-17(15)19/h3-9,13H,10-12H2,1-2H3/p+1. The Morgan fingerprint density at radius 3 is 2.65 bits per heavy atom. The van der Waals surface area contributed by atoms with Crippen LogP contribution in [0.3, 0.4) is 0 Å². The maximum atomic E-state index is 11.8. The van der Waals surface area contributed by atoms with Gasteiger partial charge in [-0.1, -0.05) is 26.0 Å². The van der Waals surface area contributed by atoms with Crippen molar-refractivity contribution in [2.24, 2.45) is 0 Å². The Morgan fingerprint density at radius 1 is 1.22 bits per heavy atom. The van der Waals surface area contributed by atoms with Gasteiger partial charge < -0.3 is 4.74 Å². The van der Waals surface area contributed by atoms with Crippen LogP contribution in [0.4, 0.5) is 5.82 Å². The summed E-state index contributed by atoms with van der Waals surface area (Å²) in [6, 6.07) is 11.8. The molecule has 0 aliphatic carbocycles. The van der Waals surface area contributed by atoms with E-state index in [4.69, 9.17) is 4.74 Å². The van der Waals surface area contributed by atoms with E-state index in [-0.39, 0.29) is 5.75 Å². The highest BCUT2D eigenvalue weighted by molar-refractivity contribution is 7.92. The maximum Gasteiger partial charge on any atom is 0.302 e. The number of benzene rings is 1. The van der Waals surface area contributed by atoms with Crippen LogP contribution >= 0.6 is 0 Å². The van der Waals surface area contributed by atoms with Crippen LogP contribution in [0, 0.1) is 0 Å². The van der Waals surface area contributed by atoms with Crippen molar-refractivity contribution in [1.29, 1.82) is 0 Å². The SMILES string of the molecule is CC(C)c1ccc(OCc2ccc[n+]3c2NS(=O)(=O)CC3)cc1. The van der Waals surface area contributed by atoms with Gasteiger partial charge in [0.05, 0.1) is 11.8 Å². The number of aryl methyl sites for hydroxylation is 1. The molecule has 2 aromatic rings. The Bertz CT molecular complexity index is 799. The molecule has 23 heavy (non-hydrogen) atoms. The molecule has 0 unspecified atom stereocenters. The zero-order valence-corrected chi connectivity index (χ0v) is 14.1. The third-order valence-corrected chi connectivity index (χ3v) is 5.17. The maximum absolute atomic E-state index is 11.8. The Labute approximate surface area is 137 Å². The van der Waals surface area contributed by atoms with Crippen molar-refractivity contribution in [3.05, 3.63) is 53.7 Å². The third kappa shape index (κ3) is 3.64. The number of nitrogens with one attached hydrogen (secondary N) is 1. The Morgan fingerprint density at radius 2 is 1.96 bits per heavy atom. The summed E-state index contributed by atoms with van der Waals surface area (Å²) in [6.07, 6.45) is 1.87. The van der Waals surface area contributed by atoms with Gasteiger partial charge in [0, 0.05) is 0 Å². The van der Waals surface area contributed by atoms with Crippen LogP contribution in [0.25, 0.3) is 0 Å². The van der Waals surface area contributed by atoms with E-state index >= 15 is 0 Å². The van der Waals surface area contributed by atoms with Crippen LogP contribution in [-0.2, 0) is 23.2 Å².